The Kier molecular flexibility index (Phi) is 5.31. The van der Waals surface area contributed by atoms with Crippen molar-refractivity contribution >= 4 is 27.8 Å². The molecule has 1 aliphatic heterocycles. The Hall–Kier alpha value is -1.84. The van der Waals surface area contributed by atoms with Crippen molar-refractivity contribution in [1.82, 2.24) is 10.2 Å². The highest BCUT2D eigenvalue weighted by molar-refractivity contribution is 7.92. The zero-order chi connectivity index (χ0) is 15.3. The topological polar surface area (TPSA) is 141 Å². The van der Waals surface area contributed by atoms with Gasteiger partial charge in [-0.1, -0.05) is 0 Å². The number of urea groups is 1. The van der Waals surface area contributed by atoms with E-state index in [0.29, 0.717) is 17.7 Å². The number of rotatable bonds is 6. The van der Waals surface area contributed by atoms with Gasteiger partial charge in [-0.2, -0.15) is 0 Å². The molecule has 0 aromatic carbocycles. The molecule has 1 saturated heterocycles. The predicted octanol–water partition coefficient (Wildman–Crippen LogP) is -1.26. The standard InChI is InChI=1S/C10H16N2O7S/c13-8(14)5-12(6-9(15)16)10(17)11-4-7-2-1-3-20(7,18)19/h7H,1-6H2,(H,11,17)(H,13,14)(H,15,16). The average Bonchev–Trinajstić information content (AvgIpc) is 2.63. The lowest BCUT2D eigenvalue weighted by molar-refractivity contribution is -0.140. The monoisotopic (exact) mass is 308 g/mol. The molecule has 0 aromatic heterocycles. The van der Waals surface area contributed by atoms with Crippen LogP contribution < -0.4 is 5.32 Å². The first-order valence-corrected chi connectivity index (χ1v) is 7.62. The van der Waals surface area contributed by atoms with Crippen molar-refractivity contribution in [1.29, 1.82) is 0 Å². The Morgan fingerprint density at radius 3 is 2.10 bits per heavy atom. The van der Waals surface area contributed by atoms with Crippen LogP contribution in [0.4, 0.5) is 4.79 Å². The number of nitrogens with zero attached hydrogens (tertiary/aromatic N) is 1. The summed E-state index contributed by atoms with van der Waals surface area (Å²) >= 11 is 0. The lowest BCUT2D eigenvalue weighted by atomic mass is 10.2. The molecule has 0 saturated carbocycles. The fourth-order valence-electron chi connectivity index (χ4n) is 1.93. The number of carbonyl (C=O) groups is 3. The highest BCUT2D eigenvalue weighted by Crippen LogP contribution is 2.19. The molecule has 1 rings (SSSR count). The molecule has 0 aliphatic carbocycles. The summed E-state index contributed by atoms with van der Waals surface area (Å²) in [5, 5.41) is 18.8. The molecule has 0 aromatic rings. The van der Waals surface area contributed by atoms with Crippen molar-refractivity contribution in [2.45, 2.75) is 18.1 Å². The number of carboxylic acids is 2. The van der Waals surface area contributed by atoms with E-state index in [2.05, 4.69) is 5.32 Å². The van der Waals surface area contributed by atoms with Crippen molar-refractivity contribution in [2.75, 3.05) is 25.4 Å². The van der Waals surface area contributed by atoms with Crippen LogP contribution in [0.25, 0.3) is 0 Å². The lowest BCUT2D eigenvalue weighted by Gasteiger charge is -2.20. The molecule has 114 valence electrons. The second kappa shape index (κ2) is 6.55. The zero-order valence-corrected chi connectivity index (χ0v) is 11.4. The predicted molar refractivity (Wildman–Crippen MR) is 67.1 cm³/mol. The summed E-state index contributed by atoms with van der Waals surface area (Å²) in [6, 6.07) is -0.906. The Bertz CT molecular complexity index is 486. The quantitative estimate of drug-likeness (QED) is 0.556. The van der Waals surface area contributed by atoms with Crippen LogP contribution in [0, 0.1) is 0 Å². The molecule has 10 heteroatoms. The Morgan fingerprint density at radius 1 is 1.15 bits per heavy atom. The van der Waals surface area contributed by atoms with Crippen molar-refractivity contribution in [3.63, 3.8) is 0 Å². The first-order valence-electron chi connectivity index (χ1n) is 5.90. The molecule has 9 nitrogen and oxygen atoms in total. The minimum Gasteiger partial charge on any atom is -0.480 e. The normalized spacial score (nSPS) is 20.3. The number of carbonyl (C=O) groups excluding carboxylic acids is 1. The highest BCUT2D eigenvalue weighted by Gasteiger charge is 2.32. The lowest BCUT2D eigenvalue weighted by Crippen LogP contribution is -2.47. The molecule has 1 fully saturated rings. The van der Waals surface area contributed by atoms with E-state index >= 15 is 0 Å². The van der Waals surface area contributed by atoms with Gasteiger partial charge in [0.15, 0.2) is 9.84 Å². The van der Waals surface area contributed by atoms with Gasteiger partial charge in [-0.25, -0.2) is 13.2 Å². The van der Waals surface area contributed by atoms with E-state index in [0.717, 1.165) is 0 Å². The minimum atomic E-state index is -3.22. The molecule has 2 amide bonds. The van der Waals surface area contributed by atoms with Crippen LogP contribution in [-0.4, -0.2) is 72.1 Å². The van der Waals surface area contributed by atoms with E-state index in [1.807, 2.05) is 0 Å². The maximum atomic E-state index is 11.7. The summed E-state index contributed by atoms with van der Waals surface area (Å²) in [6.07, 6.45) is 0.956. The molecular weight excluding hydrogens is 292 g/mol. The zero-order valence-electron chi connectivity index (χ0n) is 10.6. The fourth-order valence-corrected chi connectivity index (χ4v) is 3.69. The molecule has 3 N–H and O–H groups in total. The van der Waals surface area contributed by atoms with E-state index in [1.165, 1.54) is 0 Å². The summed E-state index contributed by atoms with van der Waals surface area (Å²) in [5.74, 6) is -2.63. The molecule has 0 radical (unpaired) electrons. The van der Waals surface area contributed by atoms with Gasteiger partial charge in [-0.15, -0.1) is 0 Å². The minimum absolute atomic E-state index is 0.0709. The molecular formula is C10H16N2O7S. The molecule has 1 unspecified atom stereocenters. The Balaban J connectivity index is 2.57. The van der Waals surface area contributed by atoms with Gasteiger partial charge in [0.25, 0.3) is 0 Å². The molecule has 1 atom stereocenters. The summed E-state index contributed by atoms with van der Waals surface area (Å²) in [7, 11) is -3.22. The third-order valence-electron chi connectivity index (χ3n) is 2.88. The first-order chi connectivity index (χ1) is 9.22. The van der Waals surface area contributed by atoms with E-state index in [-0.39, 0.29) is 12.3 Å². The van der Waals surface area contributed by atoms with E-state index < -0.39 is 46.1 Å². The van der Waals surface area contributed by atoms with Crippen LogP contribution in [0.1, 0.15) is 12.8 Å². The molecule has 1 heterocycles. The third-order valence-corrected chi connectivity index (χ3v) is 5.16. The van der Waals surface area contributed by atoms with Gasteiger partial charge in [0.2, 0.25) is 0 Å². The largest absolute Gasteiger partial charge is 0.480 e. The van der Waals surface area contributed by atoms with E-state index in [4.69, 9.17) is 10.2 Å². The number of hydrogen-bond donors (Lipinski definition) is 3. The van der Waals surface area contributed by atoms with Crippen LogP contribution in [0.2, 0.25) is 0 Å². The fraction of sp³-hybridized carbons (Fsp3) is 0.700. The second-order valence-electron chi connectivity index (χ2n) is 4.46. The summed E-state index contributed by atoms with van der Waals surface area (Å²) in [5.41, 5.74) is 0. The van der Waals surface area contributed by atoms with Gasteiger partial charge in [0, 0.05) is 6.54 Å². The Labute approximate surface area is 115 Å². The van der Waals surface area contributed by atoms with Gasteiger partial charge < -0.3 is 20.4 Å². The number of carboxylic acid groups (broad SMARTS) is 2. The van der Waals surface area contributed by atoms with Crippen LogP contribution in [0.5, 0.6) is 0 Å². The van der Waals surface area contributed by atoms with Gasteiger partial charge in [0.1, 0.15) is 13.1 Å². The Morgan fingerprint density at radius 2 is 1.70 bits per heavy atom. The summed E-state index contributed by atoms with van der Waals surface area (Å²) in [6.45, 7) is -1.68. The van der Waals surface area contributed by atoms with Crippen molar-refractivity contribution < 1.29 is 33.0 Å². The van der Waals surface area contributed by atoms with E-state index in [9.17, 15) is 22.8 Å². The van der Waals surface area contributed by atoms with Gasteiger partial charge in [-0.05, 0) is 12.8 Å². The number of aliphatic carboxylic acids is 2. The maximum Gasteiger partial charge on any atom is 0.323 e. The third kappa shape index (κ3) is 4.68. The van der Waals surface area contributed by atoms with Crippen molar-refractivity contribution in [3.05, 3.63) is 0 Å². The molecule has 0 spiro atoms. The first kappa shape index (κ1) is 16.2. The highest BCUT2D eigenvalue weighted by atomic mass is 32.2. The number of amides is 2. The van der Waals surface area contributed by atoms with Crippen LogP contribution in [0.3, 0.4) is 0 Å². The molecule has 0 bridgehead atoms. The molecule has 1 aliphatic rings. The number of hydrogen-bond acceptors (Lipinski definition) is 5. The maximum absolute atomic E-state index is 11.7. The van der Waals surface area contributed by atoms with E-state index in [1.54, 1.807) is 0 Å². The van der Waals surface area contributed by atoms with Gasteiger partial charge in [-0.3, -0.25) is 9.59 Å². The van der Waals surface area contributed by atoms with Crippen molar-refractivity contribution in [2.24, 2.45) is 0 Å². The van der Waals surface area contributed by atoms with Crippen LogP contribution >= 0.6 is 0 Å². The van der Waals surface area contributed by atoms with Gasteiger partial charge >= 0.3 is 18.0 Å². The van der Waals surface area contributed by atoms with Crippen LogP contribution in [-0.2, 0) is 19.4 Å². The smallest absolute Gasteiger partial charge is 0.323 e. The number of nitrogens with one attached hydrogen (secondary N) is 1. The summed E-state index contributed by atoms with van der Waals surface area (Å²) < 4.78 is 23.1. The average molecular weight is 308 g/mol. The second-order valence-corrected chi connectivity index (χ2v) is 6.86. The van der Waals surface area contributed by atoms with Gasteiger partial charge in [0.05, 0.1) is 11.0 Å². The van der Waals surface area contributed by atoms with Crippen molar-refractivity contribution in [3.8, 4) is 0 Å². The van der Waals surface area contributed by atoms with Crippen LogP contribution in [0.15, 0.2) is 0 Å². The number of sulfone groups is 1. The summed E-state index contributed by atoms with van der Waals surface area (Å²) in [4.78, 5) is 33.4. The SMILES string of the molecule is O=C(O)CN(CC(=O)O)C(=O)NCC1CCCS1(=O)=O. The molecule has 20 heavy (non-hydrogen) atoms.